The number of piperidine rings is 1. The molecule has 3 nitrogen and oxygen atoms in total. The zero-order valence-corrected chi connectivity index (χ0v) is 10.0. The third kappa shape index (κ3) is 3.29. The molecule has 0 aliphatic carbocycles. The summed E-state index contributed by atoms with van der Waals surface area (Å²) in [5, 5.41) is 3.38. The summed E-state index contributed by atoms with van der Waals surface area (Å²) in [5.74, 6) is 0. The van der Waals surface area contributed by atoms with Gasteiger partial charge in [-0.05, 0) is 44.5 Å². The Kier molecular flexibility index (Phi) is 4.31. The first-order valence-corrected chi connectivity index (χ1v) is 6.17. The molecule has 2 heterocycles. The molecule has 1 atom stereocenters. The highest BCUT2D eigenvalue weighted by Crippen LogP contribution is 2.10. The minimum Gasteiger partial charge on any atom is -0.316 e. The number of likely N-dealkylation sites (N-methyl/N-ethyl adjacent to an activating group) is 1. The van der Waals surface area contributed by atoms with E-state index >= 15 is 0 Å². The smallest absolute Gasteiger partial charge is 0.0300 e. The van der Waals surface area contributed by atoms with E-state index in [0.717, 1.165) is 13.0 Å². The molecular weight excluding hydrogens is 198 g/mol. The van der Waals surface area contributed by atoms with Crippen LogP contribution in [-0.4, -0.2) is 42.6 Å². The molecule has 88 valence electrons. The molecule has 2 rings (SSSR count). The highest BCUT2D eigenvalue weighted by atomic mass is 15.2. The van der Waals surface area contributed by atoms with E-state index in [0.29, 0.717) is 6.04 Å². The Morgan fingerprint density at radius 1 is 1.56 bits per heavy atom. The minimum absolute atomic E-state index is 0.683. The standard InChI is InChI=1S/C13H21N3/c1-14-13-5-3-8-16(11-13)9-6-12-4-2-7-15-10-12/h2,4,7,10,13-14H,3,5-6,8-9,11H2,1H3. The van der Waals surface area contributed by atoms with Crippen LogP contribution in [0.2, 0.25) is 0 Å². The number of aromatic nitrogens is 1. The number of pyridine rings is 1. The van der Waals surface area contributed by atoms with Crippen LogP contribution >= 0.6 is 0 Å². The van der Waals surface area contributed by atoms with Crippen LogP contribution in [0.25, 0.3) is 0 Å². The number of nitrogens with zero attached hydrogens (tertiary/aromatic N) is 2. The summed E-state index contributed by atoms with van der Waals surface area (Å²) < 4.78 is 0. The van der Waals surface area contributed by atoms with E-state index in [1.165, 1.54) is 31.5 Å². The Morgan fingerprint density at radius 2 is 2.50 bits per heavy atom. The summed E-state index contributed by atoms with van der Waals surface area (Å²) >= 11 is 0. The lowest BCUT2D eigenvalue weighted by Gasteiger charge is -2.32. The fraction of sp³-hybridized carbons (Fsp3) is 0.615. The van der Waals surface area contributed by atoms with Crippen LogP contribution in [0.3, 0.4) is 0 Å². The Labute approximate surface area is 97.9 Å². The summed E-state index contributed by atoms with van der Waals surface area (Å²) in [6, 6.07) is 4.86. The van der Waals surface area contributed by atoms with Crippen LogP contribution in [0.15, 0.2) is 24.5 Å². The molecule has 1 aliphatic rings. The fourth-order valence-electron chi connectivity index (χ4n) is 2.33. The van der Waals surface area contributed by atoms with Crippen molar-refractivity contribution in [2.24, 2.45) is 0 Å². The molecule has 0 amide bonds. The second-order valence-corrected chi connectivity index (χ2v) is 4.54. The van der Waals surface area contributed by atoms with Crippen molar-refractivity contribution in [1.82, 2.24) is 15.2 Å². The summed E-state index contributed by atoms with van der Waals surface area (Å²) in [4.78, 5) is 6.70. The van der Waals surface area contributed by atoms with Crippen LogP contribution in [0.5, 0.6) is 0 Å². The van der Waals surface area contributed by atoms with Gasteiger partial charge in [-0.1, -0.05) is 6.07 Å². The number of hydrogen-bond acceptors (Lipinski definition) is 3. The van der Waals surface area contributed by atoms with Gasteiger partial charge in [-0.3, -0.25) is 4.98 Å². The molecule has 1 aromatic heterocycles. The second-order valence-electron chi connectivity index (χ2n) is 4.54. The lowest BCUT2D eigenvalue weighted by atomic mass is 10.1. The first-order chi connectivity index (χ1) is 7.88. The van der Waals surface area contributed by atoms with Gasteiger partial charge in [0.2, 0.25) is 0 Å². The predicted molar refractivity (Wildman–Crippen MR) is 66.5 cm³/mol. The molecule has 1 unspecified atom stereocenters. The number of rotatable bonds is 4. The van der Waals surface area contributed by atoms with Crippen LogP contribution in [0.1, 0.15) is 18.4 Å². The maximum absolute atomic E-state index is 4.15. The Balaban J connectivity index is 1.77. The van der Waals surface area contributed by atoms with E-state index in [4.69, 9.17) is 0 Å². The number of nitrogens with one attached hydrogen (secondary N) is 1. The quantitative estimate of drug-likeness (QED) is 0.827. The maximum Gasteiger partial charge on any atom is 0.0300 e. The summed E-state index contributed by atoms with van der Waals surface area (Å²) in [6.07, 6.45) is 7.56. The van der Waals surface area contributed by atoms with Crippen LogP contribution in [0.4, 0.5) is 0 Å². The van der Waals surface area contributed by atoms with Gasteiger partial charge in [0.05, 0.1) is 0 Å². The Morgan fingerprint density at radius 3 is 3.25 bits per heavy atom. The van der Waals surface area contributed by atoms with Gasteiger partial charge < -0.3 is 10.2 Å². The van der Waals surface area contributed by atoms with Crippen molar-refractivity contribution in [3.63, 3.8) is 0 Å². The summed E-state index contributed by atoms with van der Waals surface area (Å²) in [5.41, 5.74) is 1.34. The molecule has 1 N–H and O–H groups in total. The van der Waals surface area contributed by atoms with Gasteiger partial charge in [0.1, 0.15) is 0 Å². The van der Waals surface area contributed by atoms with Crippen molar-refractivity contribution in [3.8, 4) is 0 Å². The van der Waals surface area contributed by atoms with E-state index < -0.39 is 0 Å². The lowest BCUT2D eigenvalue weighted by Crippen LogP contribution is -2.44. The zero-order chi connectivity index (χ0) is 11.2. The molecule has 0 saturated carbocycles. The van der Waals surface area contributed by atoms with Crippen LogP contribution in [-0.2, 0) is 6.42 Å². The molecule has 0 aromatic carbocycles. The second kappa shape index (κ2) is 5.97. The predicted octanol–water partition coefficient (Wildman–Crippen LogP) is 1.31. The zero-order valence-electron chi connectivity index (χ0n) is 10.0. The SMILES string of the molecule is CNC1CCCN(CCc2cccnc2)C1. The summed E-state index contributed by atoms with van der Waals surface area (Å²) in [6.45, 7) is 3.60. The molecule has 0 radical (unpaired) electrons. The monoisotopic (exact) mass is 219 g/mol. The molecule has 0 spiro atoms. The van der Waals surface area contributed by atoms with Crippen LogP contribution in [0, 0.1) is 0 Å². The molecule has 1 aliphatic heterocycles. The minimum atomic E-state index is 0.683. The molecule has 1 saturated heterocycles. The first-order valence-electron chi connectivity index (χ1n) is 6.17. The van der Waals surface area contributed by atoms with Gasteiger partial charge in [-0.2, -0.15) is 0 Å². The maximum atomic E-state index is 4.15. The van der Waals surface area contributed by atoms with Gasteiger partial charge in [0.25, 0.3) is 0 Å². The first kappa shape index (κ1) is 11.6. The number of likely N-dealkylation sites (tertiary alicyclic amines) is 1. The highest BCUT2D eigenvalue weighted by molar-refractivity contribution is 5.08. The lowest BCUT2D eigenvalue weighted by molar-refractivity contribution is 0.197. The van der Waals surface area contributed by atoms with E-state index in [1.807, 2.05) is 18.5 Å². The molecule has 3 heteroatoms. The van der Waals surface area contributed by atoms with E-state index in [-0.39, 0.29) is 0 Å². The van der Waals surface area contributed by atoms with Crippen molar-refractivity contribution in [2.75, 3.05) is 26.7 Å². The van der Waals surface area contributed by atoms with Crippen molar-refractivity contribution < 1.29 is 0 Å². The van der Waals surface area contributed by atoms with Gasteiger partial charge in [0, 0.05) is 31.5 Å². The Bertz CT molecular complexity index is 299. The molecule has 16 heavy (non-hydrogen) atoms. The van der Waals surface area contributed by atoms with Crippen molar-refractivity contribution >= 4 is 0 Å². The fourth-order valence-corrected chi connectivity index (χ4v) is 2.33. The third-order valence-electron chi connectivity index (χ3n) is 3.35. The Hall–Kier alpha value is -0.930. The largest absolute Gasteiger partial charge is 0.316 e. The van der Waals surface area contributed by atoms with Gasteiger partial charge in [0.15, 0.2) is 0 Å². The molecule has 1 aromatic rings. The van der Waals surface area contributed by atoms with Gasteiger partial charge >= 0.3 is 0 Å². The van der Waals surface area contributed by atoms with Crippen molar-refractivity contribution in [2.45, 2.75) is 25.3 Å². The summed E-state index contributed by atoms with van der Waals surface area (Å²) in [7, 11) is 2.06. The number of hydrogen-bond donors (Lipinski definition) is 1. The van der Waals surface area contributed by atoms with Gasteiger partial charge in [-0.25, -0.2) is 0 Å². The van der Waals surface area contributed by atoms with Crippen LogP contribution < -0.4 is 5.32 Å². The van der Waals surface area contributed by atoms with Crippen molar-refractivity contribution in [3.05, 3.63) is 30.1 Å². The van der Waals surface area contributed by atoms with E-state index in [1.54, 1.807) is 0 Å². The third-order valence-corrected chi connectivity index (χ3v) is 3.35. The average Bonchev–Trinajstić information content (AvgIpc) is 2.38. The molecule has 1 fully saturated rings. The molecular formula is C13H21N3. The van der Waals surface area contributed by atoms with E-state index in [9.17, 15) is 0 Å². The normalized spacial score (nSPS) is 22.2. The highest BCUT2D eigenvalue weighted by Gasteiger charge is 2.17. The van der Waals surface area contributed by atoms with Crippen molar-refractivity contribution in [1.29, 1.82) is 0 Å². The van der Waals surface area contributed by atoms with E-state index in [2.05, 4.69) is 28.3 Å². The topological polar surface area (TPSA) is 28.2 Å². The average molecular weight is 219 g/mol. The van der Waals surface area contributed by atoms with Gasteiger partial charge in [-0.15, -0.1) is 0 Å². The molecule has 0 bridgehead atoms.